The average molecular weight is 910 g/mol. The minimum Gasteiger partial charge on any atom is -0.387 e. The minimum absolute atomic E-state index is 0.0549. The zero-order chi connectivity index (χ0) is 46.4. The van der Waals surface area contributed by atoms with E-state index >= 15 is 0 Å². The summed E-state index contributed by atoms with van der Waals surface area (Å²) in [5.41, 5.74) is 0. The van der Waals surface area contributed by atoms with Gasteiger partial charge in [-0.05, 0) is 44.9 Å². The SMILES string of the molecule is CCCCCCCCC/C=C/CC/C=C/CC/C=C/C(O)C(COP(=O)(O)OCC[N+](C)(C)C)NC(=O)CCCCCCCCCCCCCCCCCCCCCCCCCC. The standard InChI is InChI=1S/C54H105N2O6P/c1-6-8-10-12-14-16-18-20-22-24-25-26-27-28-29-30-32-34-36-38-40-42-44-46-48-54(58)55-52(51-62-63(59,60)61-50-49-56(3,4)5)53(57)47-45-43-41-39-37-35-33-31-23-21-19-17-15-13-11-9-7-2/h23,31,37,39,45,47,52-53,57H,6-22,24-30,32-36,38,40-44,46,48-51H2,1-5H3,(H-,55,58,59,60)/p+1/b31-23+,39-37+,47-45+. The molecule has 0 aromatic heterocycles. The Morgan fingerprint density at radius 3 is 1.27 bits per heavy atom. The molecule has 0 aliphatic carbocycles. The fraction of sp³-hybridized carbons (Fsp3) is 0.870. The van der Waals surface area contributed by atoms with Gasteiger partial charge in [0.1, 0.15) is 13.2 Å². The molecule has 0 aliphatic heterocycles. The number of likely N-dealkylation sites (N-methyl/N-ethyl adjacent to an activating group) is 1. The number of rotatable bonds is 49. The van der Waals surface area contributed by atoms with Gasteiger partial charge in [-0.1, -0.05) is 237 Å². The number of allylic oxidation sites excluding steroid dienone is 5. The molecule has 3 N–H and O–H groups in total. The first-order valence-corrected chi connectivity index (χ1v) is 28.4. The van der Waals surface area contributed by atoms with Crippen molar-refractivity contribution in [1.29, 1.82) is 0 Å². The number of unbranched alkanes of at least 4 members (excludes halogenated alkanes) is 32. The molecule has 0 fully saturated rings. The topological polar surface area (TPSA) is 105 Å². The molecule has 0 bridgehead atoms. The highest BCUT2D eigenvalue weighted by molar-refractivity contribution is 7.47. The van der Waals surface area contributed by atoms with E-state index in [2.05, 4.69) is 43.5 Å². The highest BCUT2D eigenvalue weighted by atomic mass is 31.2. The Labute approximate surface area is 391 Å². The third-order valence-electron chi connectivity index (χ3n) is 12.1. The number of aliphatic hydroxyl groups is 1. The van der Waals surface area contributed by atoms with Gasteiger partial charge < -0.3 is 19.8 Å². The van der Waals surface area contributed by atoms with Crippen LogP contribution < -0.4 is 5.32 Å². The van der Waals surface area contributed by atoms with Crippen LogP contribution in [0.15, 0.2) is 36.5 Å². The summed E-state index contributed by atoms with van der Waals surface area (Å²) < 4.78 is 23.6. The Hall–Kier alpha value is -1.28. The summed E-state index contributed by atoms with van der Waals surface area (Å²) in [6.07, 6.45) is 58.1. The molecule has 3 atom stereocenters. The Morgan fingerprint density at radius 2 is 0.873 bits per heavy atom. The van der Waals surface area contributed by atoms with E-state index in [0.717, 1.165) is 44.9 Å². The molecule has 0 spiro atoms. The number of aliphatic hydroxyl groups excluding tert-OH is 1. The fourth-order valence-electron chi connectivity index (χ4n) is 7.84. The number of nitrogens with zero attached hydrogens (tertiary/aromatic N) is 1. The fourth-order valence-corrected chi connectivity index (χ4v) is 8.58. The largest absolute Gasteiger partial charge is 0.472 e. The highest BCUT2D eigenvalue weighted by Crippen LogP contribution is 2.43. The number of carbonyl (C=O) groups excluding carboxylic acids is 1. The second-order valence-electron chi connectivity index (χ2n) is 19.6. The number of carbonyl (C=O) groups is 1. The van der Waals surface area contributed by atoms with Crippen molar-refractivity contribution in [2.75, 3.05) is 40.9 Å². The molecule has 9 heteroatoms. The maximum absolute atomic E-state index is 12.9. The number of hydrogen-bond donors (Lipinski definition) is 3. The molecule has 3 unspecified atom stereocenters. The summed E-state index contributed by atoms with van der Waals surface area (Å²) in [6.45, 7) is 4.81. The quantitative estimate of drug-likeness (QED) is 0.0243. The predicted molar refractivity (Wildman–Crippen MR) is 272 cm³/mol. The van der Waals surface area contributed by atoms with Crippen molar-refractivity contribution in [1.82, 2.24) is 5.32 Å². The van der Waals surface area contributed by atoms with Gasteiger partial charge in [0.2, 0.25) is 5.91 Å². The number of phosphoric ester groups is 1. The molecule has 0 radical (unpaired) electrons. The molecule has 0 aliphatic rings. The van der Waals surface area contributed by atoms with Crippen molar-refractivity contribution in [3.63, 3.8) is 0 Å². The molecule has 0 heterocycles. The van der Waals surface area contributed by atoms with Crippen LogP contribution in [0.4, 0.5) is 0 Å². The van der Waals surface area contributed by atoms with E-state index < -0.39 is 20.0 Å². The Balaban J connectivity index is 4.26. The van der Waals surface area contributed by atoms with Crippen molar-refractivity contribution in [3.05, 3.63) is 36.5 Å². The zero-order valence-corrected chi connectivity index (χ0v) is 43.2. The normalized spacial score (nSPS) is 14.3. The maximum atomic E-state index is 12.9. The molecule has 1 amide bonds. The van der Waals surface area contributed by atoms with E-state index in [9.17, 15) is 19.4 Å². The van der Waals surface area contributed by atoms with E-state index in [-0.39, 0.29) is 19.1 Å². The van der Waals surface area contributed by atoms with Crippen LogP contribution in [0.25, 0.3) is 0 Å². The van der Waals surface area contributed by atoms with Gasteiger partial charge >= 0.3 is 7.82 Å². The summed E-state index contributed by atoms with van der Waals surface area (Å²) in [7, 11) is 1.55. The number of nitrogens with one attached hydrogen (secondary N) is 1. The lowest BCUT2D eigenvalue weighted by atomic mass is 10.0. The van der Waals surface area contributed by atoms with Gasteiger partial charge in [-0.15, -0.1) is 0 Å². The summed E-state index contributed by atoms with van der Waals surface area (Å²) in [6, 6.07) is -0.867. The van der Waals surface area contributed by atoms with Crippen molar-refractivity contribution in [2.24, 2.45) is 0 Å². The second-order valence-corrected chi connectivity index (χ2v) is 21.0. The lowest BCUT2D eigenvalue weighted by Crippen LogP contribution is -2.45. The van der Waals surface area contributed by atoms with Gasteiger partial charge in [-0.25, -0.2) is 4.57 Å². The molecule has 63 heavy (non-hydrogen) atoms. The van der Waals surface area contributed by atoms with Crippen LogP contribution in [0, 0.1) is 0 Å². The van der Waals surface area contributed by atoms with Crippen LogP contribution in [0.5, 0.6) is 0 Å². The molecule has 0 saturated heterocycles. The Morgan fingerprint density at radius 1 is 0.524 bits per heavy atom. The van der Waals surface area contributed by atoms with Crippen LogP contribution in [0.2, 0.25) is 0 Å². The second kappa shape index (κ2) is 45.9. The van der Waals surface area contributed by atoms with Gasteiger partial charge in [0.15, 0.2) is 0 Å². The molecule has 0 rings (SSSR count). The van der Waals surface area contributed by atoms with Gasteiger partial charge in [-0.2, -0.15) is 0 Å². The first kappa shape index (κ1) is 61.7. The number of quaternary nitrogens is 1. The van der Waals surface area contributed by atoms with Crippen molar-refractivity contribution < 1.29 is 32.9 Å². The molecular weight excluding hydrogens is 804 g/mol. The zero-order valence-electron chi connectivity index (χ0n) is 42.3. The minimum atomic E-state index is -4.35. The number of amides is 1. The van der Waals surface area contributed by atoms with Gasteiger partial charge in [-0.3, -0.25) is 13.8 Å². The van der Waals surface area contributed by atoms with Crippen LogP contribution in [-0.2, 0) is 18.4 Å². The smallest absolute Gasteiger partial charge is 0.387 e. The van der Waals surface area contributed by atoms with E-state index in [0.29, 0.717) is 17.4 Å². The van der Waals surface area contributed by atoms with Gasteiger partial charge in [0.05, 0.1) is 39.9 Å². The van der Waals surface area contributed by atoms with Gasteiger partial charge in [0, 0.05) is 6.42 Å². The van der Waals surface area contributed by atoms with Crippen LogP contribution >= 0.6 is 7.82 Å². The van der Waals surface area contributed by atoms with Gasteiger partial charge in [0.25, 0.3) is 0 Å². The van der Waals surface area contributed by atoms with Crippen LogP contribution in [-0.4, -0.2) is 73.4 Å². The molecule has 0 saturated carbocycles. The predicted octanol–water partition coefficient (Wildman–Crippen LogP) is 15.8. The number of phosphoric acid groups is 1. The Kier molecular flexibility index (Phi) is 44.9. The number of hydrogen-bond acceptors (Lipinski definition) is 5. The summed E-state index contributed by atoms with van der Waals surface area (Å²) in [5.74, 6) is -0.187. The third-order valence-corrected chi connectivity index (χ3v) is 13.1. The van der Waals surface area contributed by atoms with E-state index in [1.165, 1.54) is 186 Å². The maximum Gasteiger partial charge on any atom is 0.472 e. The van der Waals surface area contributed by atoms with Crippen molar-refractivity contribution in [2.45, 2.75) is 264 Å². The first-order valence-electron chi connectivity index (χ1n) is 26.9. The van der Waals surface area contributed by atoms with Crippen LogP contribution in [0.3, 0.4) is 0 Å². The van der Waals surface area contributed by atoms with E-state index in [4.69, 9.17) is 9.05 Å². The van der Waals surface area contributed by atoms with Crippen LogP contribution in [0.1, 0.15) is 251 Å². The average Bonchev–Trinajstić information content (AvgIpc) is 3.24. The molecule has 8 nitrogen and oxygen atoms in total. The first-order chi connectivity index (χ1) is 30.5. The van der Waals surface area contributed by atoms with Crippen molar-refractivity contribution in [3.8, 4) is 0 Å². The lowest BCUT2D eigenvalue weighted by Gasteiger charge is -2.25. The highest BCUT2D eigenvalue weighted by Gasteiger charge is 2.27. The van der Waals surface area contributed by atoms with E-state index in [1.54, 1.807) is 6.08 Å². The summed E-state index contributed by atoms with van der Waals surface area (Å²) in [5, 5.41) is 13.9. The molecular formula is C54H106N2O6P+. The van der Waals surface area contributed by atoms with E-state index in [1.807, 2.05) is 27.2 Å². The molecule has 0 aromatic carbocycles. The molecule has 0 aromatic rings. The summed E-state index contributed by atoms with van der Waals surface area (Å²) in [4.78, 5) is 23.2. The third kappa shape index (κ3) is 48.5. The van der Waals surface area contributed by atoms with Crippen molar-refractivity contribution >= 4 is 13.7 Å². The Bertz CT molecular complexity index is 1120. The lowest BCUT2D eigenvalue weighted by molar-refractivity contribution is -0.870. The monoisotopic (exact) mass is 910 g/mol. The summed E-state index contributed by atoms with van der Waals surface area (Å²) >= 11 is 0. The molecule has 372 valence electrons.